The van der Waals surface area contributed by atoms with E-state index in [4.69, 9.17) is 4.74 Å². The summed E-state index contributed by atoms with van der Waals surface area (Å²) in [6.45, 7) is 4.03. The van der Waals surface area contributed by atoms with Gasteiger partial charge in [0.1, 0.15) is 12.6 Å². The highest BCUT2D eigenvalue weighted by Gasteiger charge is 2.25. The Hall–Kier alpha value is -1.47. The fourth-order valence-electron chi connectivity index (χ4n) is 1.41. The summed E-state index contributed by atoms with van der Waals surface area (Å²) in [7, 11) is 0. The van der Waals surface area contributed by atoms with Gasteiger partial charge in [0.2, 0.25) is 5.91 Å². The van der Waals surface area contributed by atoms with Crippen molar-refractivity contribution in [3.63, 3.8) is 0 Å². The number of ether oxygens (including phenoxy) is 1. The number of rotatable bonds is 2. The Morgan fingerprint density at radius 2 is 2.35 bits per heavy atom. The van der Waals surface area contributed by atoms with Gasteiger partial charge in [-0.15, -0.1) is 11.3 Å². The molecule has 1 aromatic rings. The van der Waals surface area contributed by atoms with Gasteiger partial charge in [0.15, 0.2) is 5.13 Å². The molecule has 0 aromatic carbocycles. The summed E-state index contributed by atoms with van der Waals surface area (Å²) in [6.07, 6.45) is 0. The summed E-state index contributed by atoms with van der Waals surface area (Å²) in [4.78, 5) is 28.1. The zero-order valence-electron chi connectivity index (χ0n) is 9.57. The van der Waals surface area contributed by atoms with E-state index < -0.39 is 6.04 Å². The number of thiazole rings is 1. The van der Waals surface area contributed by atoms with E-state index in [2.05, 4.69) is 15.6 Å². The monoisotopic (exact) mass is 255 g/mol. The third-order valence-corrected chi connectivity index (χ3v) is 3.42. The molecule has 92 valence electrons. The highest BCUT2D eigenvalue weighted by molar-refractivity contribution is 7.15. The van der Waals surface area contributed by atoms with Gasteiger partial charge in [-0.3, -0.25) is 9.59 Å². The van der Waals surface area contributed by atoms with Gasteiger partial charge in [-0.25, -0.2) is 4.98 Å². The molecule has 1 saturated heterocycles. The molecule has 2 heterocycles. The number of carbonyl (C=O) groups is 2. The standard InChI is InChI=1S/C10H13N3O3S/c1-5-6(2)17-10(11-5)13-9(15)7-3-16-4-8(14)12-7/h7H,3-4H2,1-2H3,(H,12,14)(H,11,13,15). The lowest BCUT2D eigenvalue weighted by Crippen LogP contribution is -2.51. The first-order chi connectivity index (χ1) is 8.06. The van der Waals surface area contributed by atoms with Crippen molar-refractivity contribution in [2.45, 2.75) is 19.9 Å². The molecule has 7 heteroatoms. The number of nitrogens with zero attached hydrogens (tertiary/aromatic N) is 1. The molecule has 0 bridgehead atoms. The van der Waals surface area contributed by atoms with Crippen molar-refractivity contribution in [2.24, 2.45) is 0 Å². The van der Waals surface area contributed by atoms with Gasteiger partial charge in [-0.2, -0.15) is 0 Å². The van der Waals surface area contributed by atoms with E-state index in [-0.39, 0.29) is 25.0 Å². The first-order valence-electron chi connectivity index (χ1n) is 5.18. The van der Waals surface area contributed by atoms with Crippen LogP contribution in [0.25, 0.3) is 0 Å². The molecule has 1 unspecified atom stereocenters. The molecule has 0 spiro atoms. The molecule has 0 aliphatic carbocycles. The molecule has 1 aromatic heterocycles. The Bertz CT molecular complexity index is 438. The maximum absolute atomic E-state index is 11.8. The van der Waals surface area contributed by atoms with Crippen molar-refractivity contribution in [2.75, 3.05) is 18.5 Å². The number of nitrogens with one attached hydrogen (secondary N) is 2. The van der Waals surface area contributed by atoms with Crippen LogP contribution in [0, 0.1) is 13.8 Å². The number of anilines is 1. The topological polar surface area (TPSA) is 80.3 Å². The minimum atomic E-state index is -0.638. The minimum Gasteiger partial charge on any atom is -0.369 e. The zero-order chi connectivity index (χ0) is 12.4. The van der Waals surface area contributed by atoms with Crippen molar-refractivity contribution >= 4 is 28.3 Å². The molecule has 1 aliphatic heterocycles. The first-order valence-corrected chi connectivity index (χ1v) is 6.00. The summed E-state index contributed by atoms with van der Waals surface area (Å²) in [6, 6.07) is -0.638. The van der Waals surface area contributed by atoms with Crippen LogP contribution in [0.1, 0.15) is 10.6 Å². The molecule has 2 amide bonds. The number of amides is 2. The number of carbonyl (C=O) groups excluding carboxylic acids is 2. The number of morpholine rings is 1. The summed E-state index contributed by atoms with van der Waals surface area (Å²) in [5, 5.41) is 5.77. The molecule has 1 atom stereocenters. The van der Waals surface area contributed by atoms with Crippen molar-refractivity contribution < 1.29 is 14.3 Å². The number of hydrogen-bond donors (Lipinski definition) is 2. The average Bonchev–Trinajstić information content (AvgIpc) is 2.58. The average molecular weight is 255 g/mol. The van der Waals surface area contributed by atoms with Crippen molar-refractivity contribution in [1.29, 1.82) is 0 Å². The van der Waals surface area contributed by atoms with E-state index in [9.17, 15) is 9.59 Å². The predicted octanol–water partition coefficient (Wildman–Crippen LogP) is 0.213. The van der Waals surface area contributed by atoms with E-state index in [1.807, 2.05) is 13.8 Å². The molecular weight excluding hydrogens is 242 g/mol. The fourth-order valence-corrected chi connectivity index (χ4v) is 2.22. The van der Waals surface area contributed by atoms with E-state index in [0.29, 0.717) is 5.13 Å². The van der Waals surface area contributed by atoms with Crippen LogP contribution in [0.3, 0.4) is 0 Å². The second-order valence-electron chi connectivity index (χ2n) is 3.79. The van der Waals surface area contributed by atoms with Crippen LogP contribution < -0.4 is 10.6 Å². The Morgan fingerprint density at radius 1 is 1.59 bits per heavy atom. The van der Waals surface area contributed by atoms with Crippen LogP contribution in [-0.4, -0.2) is 36.1 Å². The largest absolute Gasteiger partial charge is 0.369 e. The van der Waals surface area contributed by atoms with Crippen LogP contribution in [0.5, 0.6) is 0 Å². The number of aromatic nitrogens is 1. The third-order valence-electron chi connectivity index (χ3n) is 2.43. The smallest absolute Gasteiger partial charge is 0.251 e. The maximum Gasteiger partial charge on any atom is 0.251 e. The highest BCUT2D eigenvalue weighted by Crippen LogP contribution is 2.21. The van der Waals surface area contributed by atoms with Crippen LogP contribution in [-0.2, 0) is 14.3 Å². The number of hydrogen-bond acceptors (Lipinski definition) is 5. The lowest BCUT2D eigenvalue weighted by Gasteiger charge is -2.21. The second-order valence-corrected chi connectivity index (χ2v) is 4.99. The highest BCUT2D eigenvalue weighted by atomic mass is 32.1. The van der Waals surface area contributed by atoms with Crippen molar-refractivity contribution in [3.05, 3.63) is 10.6 Å². The summed E-state index contributed by atoms with van der Waals surface area (Å²) in [5.41, 5.74) is 0.897. The van der Waals surface area contributed by atoms with Crippen molar-refractivity contribution in [1.82, 2.24) is 10.3 Å². The van der Waals surface area contributed by atoms with Gasteiger partial charge in [-0.05, 0) is 13.8 Å². The Labute approximate surface area is 102 Å². The van der Waals surface area contributed by atoms with Gasteiger partial charge in [0.05, 0.1) is 12.3 Å². The molecule has 1 fully saturated rings. The molecule has 6 nitrogen and oxygen atoms in total. The molecule has 2 rings (SSSR count). The third kappa shape index (κ3) is 2.80. The Kier molecular flexibility index (Phi) is 3.39. The van der Waals surface area contributed by atoms with Gasteiger partial charge >= 0.3 is 0 Å². The van der Waals surface area contributed by atoms with Crippen LogP contribution in [0.2, 0.25) is 0 Å². The summed E-state index contributed by atoms with van der Waals surface area (Å²) < 4.78 is 4.99. The molecule has 17 heavy (non-hydrogen) atoms. The number of aryl methyl sites for hydroxylation is 2. The lowest BCUT2D eigenvalue weighted by molar-refractivity contribution is -0.136. The van der Waals surface area contributed by atoms with Gasteiger partial charge in [0.25, 0.3) is 5.91 Å². The quantitative estimate of drug-likeness (QED) is 0.792. The molecular formula is C10H13N3O3S. The normalized spacial score (nSPS) is 19.9. The SMILES string of the molecule is Cc1nc(NC(=O)C2COCC(=O)N2)sc1C. The molecule has 2 N–H and O–H groups in total. The van der Waals surface area contributed by atoms with Gasteiger partial charge in [0, 0.05) is 4.88 Å². The summed E-state index contributed by atoms with van der Waals surface area (Å²) in [5.74, 6) is -0.574. The lowest BCUT2D eigenvalue weighted by atomic mass is 10.2. The Balaban J connectivity index is 1.98. The van der Waals surface area contributed by atoms with Crippen LogP contribution in [0.4, 0.5) is 5.13 Å². The minimum absolute atomic E-state index is 0.0131. The van der Waals surface area contributed by atoms with E-state index in [0.717, 1.165) is 10.6 Å². The van der Waals surface area contributed by atoms with Crippen molar-refractivity contribution in [3.8, 4) is 0 Å². The van der Waals surface area contributed by atoms with Crippen LogP contribution in [0.15, 0.2) is 0 Å². The molecule has 0 saturated carbocycles. The van der Waals surface area contributed by atoms with Gasteiger partial charge < -0.3 is 15.4 Å². The van der Waals surface area contributed by atoms with Gasteiger partial charge in [-0.1, -0.05) is 0 Å². The summed E-state index contributed by atoms with van der Waals surface area (Å²) >= 11 is 1.41. The van der Waals surface area contributed by atoms with E-state index >= 15 is 0 Å². The first kappa shape index (κ1) is 12.0. The second kappa shape index (κ2) is 4.80. The van der Waals surface area contributed by atoms with E-state index in [1.54, 1.807) is 0 Å². The predicted molar refractivity (Wildman–Crippen MR) is 63.0 cm³/mol. The maximum atomic E-state index is 11.8. The zero-order valence-corrected chi connectivity index (χ0v) is 10.4. The molecule has 0 radical (unpaired) electrons. The molecule has 1 aliphatic rings. The van der Waals surface area contributed by atoms with E-state index in [1.165, 1.54) is 11.3 Å². The van der Waals surface area contributed by atoms with Crippen LogP contribution >= 0.6 is 11.3 Å². The Morgan fingerprint density at radius 3 is 2.94 bits per heavy atom. The fraction of sp³-hybridized carbons (Fsp3) is 0.500.